The van der Waals surface area contributed by atoms with Crippen LogP contribution in [0.1, 0.15) is 44.4 Å². The third kappa shape index (κ3) is 4.73. The number of pyridine rings is 1. The topological polar surface area (TPSA) is 109 Å². The summed E-state index contributed by atoms with van der Waals surface area (Å²) in [6, 6.07) is 11.3. The quantitative estimate of drug-likeness (QED) is 0.783. The Kier molecular flexibility index (Phi) is 6.18. The number of carbonyl (C=O) groups is 1. The van der Waals surface area contributed by atoms with Crippen LogP contribution in [0, 0.1) is 17.2 Å². The number of ether oxygens (including phenoxy) is 1. The van der Waals surface area contributed by atoms with Crippen LogP contribution in [0.15, 0.2) is 30.3 Å². The number of nitrogens with two attached hydrogens (primary N) is 1. The van der Waals surface area contributed by atoms with Crippen molar-refractivity contribution in [1.29, 1.82) is 5.26 Å². The molecule has 1 atom stereocenters. The van der Waals surface area contributed by atoms with Crippen LogP contribution in [0.2, 0.25) is 0 Å². The van der Waals surface area contributed by atoms with Crippen molar-refractivity contribution in [1.82, 2.24) is 4.98 Å². The molecule has 0 fully saturated rings. The third-order valence-corrected chi connectivity index (χ3v) is 3.89. The molecular formula is C20H23N3O3. The zero-order valence-corrected chi connectivity index (χ0v) is 15.2. The van der Waals surface area contributed by atoms with Crippen LogP contribution in [0.4, 0.5) is 5.82 Å². The molecule has 0 spiro atoms. The molecule has 0 aliphatic carbocycles. The molecule has 0 aliphatic heterocycles. The van der Waals surface area contributed by atoms with Gasteiger partial charge in [-0.3, -0.25) is 4.79 Å². The fourth-order valence-corrected chi connectivity index (χ4v) is 2.57. The standard InChI is InChI=1S/C20H23N3O3/c1-12(2)11-26-15-6-4-5-14(8-15)16-9-18(13(3)7-19(24)25)23-20(22)17(16)10-21/h4-6,8-9,12-13H,7,11H2,1-3H3,(H2,22,23)(H,24,25). The number of rotatable bonds is 7. The number of aromatic nitrogens is 1. The van der Waals surface area contributed by atoms with E-state index in [1.54, 1.807) is 13.0 Å². The Morgan fingerprint density at radius 2 is 2.08 bits per heavy atom. The second kappa shape index (κ2) is 8.34. The zero-order valence-electron chi connectivity index (χ0n) is 15.2. The largest absolute Gasteiger partial charge is 0.493 e. The summed E-state index contributed by atoms with van der Waals surface area (Å²) in [4.78, 5) is 15.2. The van der Waals surface area contributed by atoms with Crippen LogP contribution in [0.5, 0.6) is 5.75 Å². The number of benzene rings is 1. The van der Waals surface area contributed by atoms with Crippen LogP contribution < -0.4 is 10.5 Å². The Bertz CT molecular complexity index is 841. The monoisotopic (exact) mass is 353 g/mol. The molecule has 2 rings (SSSR count). The molecule has 0 saturated heterocycles. The Balaban J connectivity index is 2.47. The van der Waals surface area contributed by atoms with Gasteiger partial charge in [0, 0.05) is 17.2 Å². The van der Waals surface area contributed by atoms with E-state index in [1.807, 2.05) is 24.3 Å². The lowest BCUT2D eigenvalue weighted by molar-refractivity contribution is -0.137. The van der Waals surface area contributed by atoms with Crippen LogP contribution in [-0.2, 0) is 4.79 Å². The van der Waals surface area contributed by atoms with E-state index in [0.29, 0.717) is 29.5 Å². The molecule has 1 aromatic carbocycles. The Morgan fingerprint density at radius 1 is 1.35 bits per heavy atom. The lowest BCUT2D eigenvalue weighted by atomic mass is 9.95. The van der Waals surface area contributed by atoms with Gasteiger partial charge in [0.15, 0.2) is 0 Å². The summed E-state index contributed by atoms with van der Waals surface area (Å²) in [6.45, 7) is 6.50. The number of carboxylic acid groups (broad SMARTS) is 1. The molecule has 6 heteroatoms. The Hall–Kier alpha value is -3.07. The predicted molar refractivity (Wildman–Crippen MR) is 99.8 cm³/mol. The SMILES string of the molecule is CC(C)COc1cccc(-c2cc(C(C)CC(=O)O)nc(N)c2C#N)c1. The smallest absolute Gasteiger partial charge is 0.304 e. The summed E-state index contributed by atoms with van der Waals surface area (Å²) >= 11 is 0. The normalized spacial score (nSPS) is 11.8. The van der Waals surface area contributed by atoms with E-state index in [2.05, 4.69) is 24.9 Å². The molecule has 0 aliphatic rings. The summed E-state index contributed by atoms with van der Waals surface area (Å²) < 4.78 is 5.76. The zero-order chi connectivity index (χ0) is 19.3. The van der Waals surface area contributed by atoms with E-state index in [9.17, 15) is 10.1 Å². The second-order valence-electron chi connectivity index (χ2n) is 6.70. The van der Waals surface area contributed by atoms with Crippen LogP contribution in [0.25, 0.3) is 11.1 Å². The highest BCUT2D eigenvalue weighted by Crippen LogP contribution is 2.32. The molecule has 0 radical (unpaired) electrons. The van der Waals surface area contributed by atoms with Gasteiger partial charge in [0.05, 0.1) is 13.0 Å². The lowest BCUT2D eigenvalue weighted by Crippen LogP contribution is -2.08. The number of carboxylic acids is 1. The predicted octanol–water partition coefficient (Wildman–Crippen LogP) is 3.82. The second-order valence-corrected chi connectivity index (χ2v) is 6.70. The van der Waals surface area contributed by atoms with Gasteiger partial charge in [-0.1, -0.05) is 32.9 Å². The molecule has 136 valence electrons. The Labute approximate surface area is 153 Å². The highest BCUT2D eigenvalue weighted by Gasteiger charge is 2.18. The van der Waals surface area contributed by atoms with Crippen molar-refractivity contribution in [3.63, 3.8) is 0 Å². The van der Waals surface area contributed by atoms with Crippen molar-refractivity contribution in [2.24, 2.45) is 5.92 Å². The van der Waals surface area contributed by atoms with E-state index >= 15 is 0 Å². The van der Waals surface area contributed by atoms with Crippen molar-refractivity contribution in [3.05, 3.63) is 41.6 Å². The number of aliphatic carboxylic acids is 1. The van der Waals surface area contributed by atoms with Crippen molar-refractivity contribution >= 4 is 11.8 Å². The van der Waals surface area contributed by atoms with Gasteiger partial charge in [-0.25, -0.2) is 4.98 Å². The van der Waals surface area contributed by atoms with Crippen molar-refractivity contribution < 1.29 is 14.6 Å². The summed E-state index contributed by atoms with van der Waals surface area (Å²) in [6.07, 6.45) is -0.0602. The molecule has 6 nitrogen and oxygen atoms in total. The molecule has 1 heterocycles. The van der Waals surface area contributed by atoms with E-state index in [4.69, 9.17) is 15.6 Å². The Morgan fingerprint density at radius 3 is 2.69 bits per heavy atom. The maximum absolute atomic E-state index is 11.0. The maximum Gasteiger partial charge on any atom is 0.304 e. The molecule has 3 N–H and O–H groups in total. The van der Waals surface area contributed by atoms with Crippen LogP contribution >= 0.6 is 0 Å². The van der Waals surface area contributed by atoms with Crippen LogP contribution in [0.3, 0.4) is 0 Å². The highest BCUT2D eigenvalue weighted by molar-refractivity contribution is 5.77. The minimum absolute atomic E-state index is 0.0602. The number of nitrogen functional groups attached to an aromatic ring is 1. The fourth-order valence-electron chi connectivity index (χ4n) is 2.57. The van der Waals surface area contributed by atoms with E-state index in [-0.39, 0.29) is 23.7 Å². The first-order chi connectivity index (χ1) is 12.3. The molecule has 26 heavy (non-hydrogen) atoms. The van der Waals surface area contributed by atoms with Gasteiger partial charge in [-0.15, -0.1) is 0 Å². The molecule has 0 bridgehead atoms. The molecule has 0 saturated carbocycles. The first-order valence-electron chi connectivity index (χ1n) is 8.47. The number of hydrogen-bond donors (Lipinski definition) is 2. The first kappa shape index (κ1) is 19.3. The average molecular weight is 353 g/mol. The summed E-state index contributed by atoms with van der Waals surface area (Å²) in [5.74, 6) is -0.0238. The lowest BCUT2D eigenvalue weighted by Gasteiger charge is -2.15. The van der Waals surface area contributed by atoms with Gasteiger partial charge in [-0.2, -0.15) is 5.26 Å². The minimum atomic E-state index is -0.909. The minimum Gasteiger partial charge on any atom is -0.493 e. The van der Waals surface area contributed by atoms with Crippen molar-refractivity contribution in [3.8, 4) is 22.9 Å². The number of hydrogen-bond acceptors (Lipinski definition) is 5. The third-order valence-electron chi connectivity index (χ3n) is 3.89. The van der Waals surface area contributed by atoms with Crippen LogP contribution in [-0.4, -0.2) is 22.7 Å². The maximum atomic E-state index is 11.0. The van der Waals surface area contributed by atoms with E-state index in [1.165, 1.54) is 0 Å². The van der Waals surface area contributed by atoms with E-state index < -0.39 is 5.97 Å². The number of nitriles is 1. The van der Waals surface area contributed by atoms with Gasteiger partial charge in [-0.05, 0) is 29.7 Å². The molecule has 1 unspecified atom stereocenters. The summed E-state index contributed by atoms with van der Waals surface area (Å²) in [7, 11) is 0. The molecular weight excluding hydrogens is 330 g/mol. The summed E-state index contributed by atoms with van der Waals surface area (Å²) in [5, 5.41) is 18.5. The first-order valence-corrected chi connectivity index (χ1v) is 8.47. The average Bonchev–Trinajstić information content (AvgIpc) is 2.58. The molecule has 0 amide bonds. The van der Waals surface area contributed by atoms with Gasteiger partial charge in [0.2, 0.25) is 0 Å². The molecule has 1 aromatic heterocycles. The van der Waals surface area contributed by atoms with Crippen molar-refractivity contribution in [2.75, 3.05) is 12.3 Å². The highest BCUT2D eigenvalue weighted by atomic mass is 16.5. The summed E-state index contributed by atoms with van der Waals surface area (Å²) in [5.41, 5.74) is 8.19. The van der Waals surface area contributed by atoms with Gasteiger partial charge < -0.3 is 15.6 Å². The fraction of sp³-hybridized carbons (Fsp3) is 0.350. The van der Waals surface area contributed by atoms with Gasteiger partial charge >= 0.3 is 5.97 Å². The van der Waals surface area contributed by atoms with Gasteiger partial charge in [0.25, 0.3) is 0 Å². The van der Waals surface area contributed by atoms with Crippen molar-refractivity contribution in [2.45, 2.75) is 33.1 Å². The van der Waals surface area contributed by atoms with Gasteiger partial charge in [0.1, 0.15) is 23.2 Å². The number of anilines is 1. The molecule has 2 aromatic rings. The number of nitrogens with zero attached hydrogens (tertiary/aromatic N) is 2. The van der Waals surface area contributed by atoms with E-state index in [0.717, 1.165) is 5.56 Å².